The Bertz CT molecular complexity index is 548. The minimum Gasteiger partial charge on any atom is -0.496 e. The molecule has 1 aromatic carbocycles. The molecule has 1 aliphatic heterocycles. The number of alkyl halides is 3. The van der Waals surface area contributed by atoms with E-state index in [4.69, 9.17) is 14.6 Å². The molecular weight excluding hydrogens is 265 g/mol. The van der Waals surface area contributed by atoms with Crippen LogP contribution in [0.15, 0.2) is 23.8 Å². The molecule has 2 rings (SSSR count). The van der Waals surface area contributed by atoms with Crippen molar-refractivity contribution in [3.05, 3.63) is 29.3 Å². The van der Waals surface area contributed by atoms with Crippen LogP contribution in [-0.4, -0.2) is 30.5 Å². The molecule has 0 fully saturated rings. The Kier molecular flexibility index (Phi) is 3.13. The quantitative estimate of drug-likeness (QED) is 0.900. The smallest absolute Gasteiger partial charge is 0.430 e. The molecule has 1 N–H and O–H groups in total. The van der Waals surface area contributed by atoms with Gasteiger partial charge in [0, 0.05) is 0 Å². The zero-order valence-corrected chi connectivity index (χ0v) is 9.69. The molecule has 7 heteroatoms. The highest BCUT2D eigenvalue weighted by Gasteiger charge is 2.48. The minimum absolute atomic E-state index is 0.0633. The fraction of sp³-hybridized carbons (Fsp3) is 0.250. The van der Waals surface area contributed by atoms with Gasteiger partial charge in [-0.3, -0.25) is 0 Å². The van der Waals surface area contributed by atoms with Crippen LogP contribution >= 0.6 is 0 Å². The summed E-state index contributed by atoms with van der Waals surface area (Å²) in [5, 5.41) is 8.87. The third-order valence-corrected chi connectivity index (χ3v) is 2.62. The van der Waals surface area contributed by atoms with E-state index in [1.807, 2.05) is 0 Å². The highest BCUT2D eigenvalue weighted by Crippen LogP contribution is 2.40. The van der Waals surface area contributed by atoms with Gasteiger partial charge in [0.15, 0.2) is 0 Å². The third-order valence-electron chi connectivity index (χ3n) is 2.62. The maximum absolute atomic E-state index is 12.8. The van der Waals surface area contributed by atoms with Gasteiger partial charge in [-0.1, -0.05) is 6.07 Å². The fourth-order valence-electron chi connectivity index (χ4n) is 1.79. The maximum atomic E-state index is 12.8. The third kappa shape index (κ3) is 2.35. The summed E-state index contributed by atoms with van der Waals surface area (Å²) < 4.78 is 48.0. The van der Waals surface area contributed by atoms with Crippen LogP contribution in [0.4, 0.5) is 13.2 Å². The molecule has 0 unspecified atom stereocenters. The molecule has 0 bridgehead atoms. The number of carboxylic acids is 1. The molecule has 0 saturated carbocycles. The zero-order chi connectivity index (χ0) is 14.2. The van der Waals surface area contributed by atoms with Gasteiger partial charge in [-0.2, -0.15) is 13.2 Å². The predicted octanol–water partition coefficient (Wildman–Crippen LogP) is 2.49. The van der Waals surface area contributed by atoms with E-state index in [0.717, 1.165) is 6.08 Å². The van der Waals surface area contributed by atoms with E-state index in [0.29, 0.717) is 0 Å². The minimum atomic E-state index is -4.80. The van der Waals surface area contributed by atoms with E-state index in [2.05, 4.69) is 0 Å². The summed E-state index contributed by atoms with van der Waals surface area (Å²) in [4.78, 5) is 10.9. The lowest BCUT2D eigenvalue weighted by Crippen LogP contribution is -2.40. The van der Waals surface area contributed by atoms with Crippen molar-refractivity contribution in [1.82, 2.24) is 0 Å². The Hall–Kier alpha value is -2.18. The molecule has 0 saturated heterocycles. The van der Waals surface area contributed by atoms with Crippen LogP contribution in [0.1, 0.15) is 5.56 Å². The molecule has 0 spiro atoms. The van der Waals surface area contributed by atoms with Crippen molar-refractivity contribution in [1.29, 1.82) is 0 Å². The van der Waals surface area contributed by atoms with Crippen LogP contribution in [0.2, 0.25) is 0 Å². The summed E-state index contributed by atoms with van der Waals surface area (Å²) in [6, 6.07) is 4.29. The van der Waals surface area contributed by atoms with Crippen LogP contribution in [0.5, 0.6) is 11.5 Å². The summed E-state index contributed by atoms with van der Waals surface area (Å²) >= 11 is 0. The Labute approximate surface area is 106 Å². The first kappa shape index (κ1) is 13.3. The number of hydrogen-bond donors (Lipinski definition) is 1. The van der Waals surface area contributed by atoms with Gasteiger partial charge in [-0.15, -0.1) is 0 Å². The fourth-order valence-corrected chi connectivity index (χ4v) is 1.79. The summed E-state index contributed by atoms with van der Waals surface area (Å²) in [5.74, 6) is -1.50. The van der Waals surface area contributed by atoms with E-state index >= 15 is 0 Å². The number of fused-ring (bicyclic) bond motifs is 1. The molecule has 19 heavy (non-hydrogen) atoms. The molecule has 0 amide bonds. The van der Waals surface area contributed by atoms with Crippen molar-refractivity contribution in [2.45, 2.75) is 12.3 Å². The van der Waals surface area contributed by atoms with Crippen molar-refractivity contribution < 1.29 is 32.5 Å². The zero-order valence-electron chi connectivity index (χ0n) is 9.69. The first-order valence-corrected chi connectivity index (χ1v) is 5.20. The number of carbonyl (C=O) groups is 1. The van der Waals surface area contributed by atoms with Crippen LogP contribution in [0.25, 0.3) is 6.08 Å². The molecular formula is C12H9F3O4. The predicted molar refractivity (Wildman–Crippen MR) is 59.1 cm³/mol. The van der Waals surface area contributed by atoms with Crippen LogP contribution in [-0.2, 0) is 4.79 Å². The van der Waals surface area contributed by atoms with Crippen LogP contribution in [0, 0.1) is 0 Å². The SMILES string of the molecule is COc1cccc2c1C=C(C(=O)O)[C@@H](C(F)(F)F)O2. The highest BCUT2D eigenvalue weighted by atomic mass is 19.4. The molecule has 4 nitrogen and oxygen atoms in total. The van der Waals surface area contributed by atoms with Gasteiger partial charge in [-0.05, 0) is 18.2 Å². The lowest BCUT2D eigenvalue weighted by molar-refractivity contribution is -0.187. The largest absolute Gasteiger partial charge is 0.496 e. The van der Waals surface area contributed by atoms with Crippen LogP contribution < -0.4 is 9.47 Å². The summed E-state index contributed by atoms with van der Waals surface area (Å²) in [6.07, 6.45) is -6.35. The number of rotatable bonds is 2. The molecule has 1 aliphatic rings. The molecule has 1 heterocycles. The van der Waals surface area contributed by atoms with Gasteiger partial charge >= 0.3 is 12.1 Å². The van der Waals surface area contributed by atoms with Gasteiger partial charge in [0.1, 0.15) is 11.5 Å². The number of hydrogen-bond acceptors (Lipinski definition) is 3. The first-order chi connectivity index (χ1) is 8.84. The number of methoxy groups -OCH3 is 1. The Morgan fingerprint density at radius 3 is 2.63 bits per heavy atom. The average molecular weight is 274 g/mol. The maximum Gasteiger partial charge on any atom is 0.430 e. The number of benzene rings is 1. The lowest BCUT2D eigenvalue weighted by atomic mass is 10.0. The van der Waals surface area contributed by atoms with E-state index in [1.165, 1.54) is 25.3 Å². The Morgan fingerprint density at radius 1 is 1.42 bits per heavy atom. The molecule has 0 radical (unpaired) electrons. The standard InChI is InChI=1S/C12H9F3O4/c1-18-8-3-2-4-9-6(8)5-7(11(16)17)10(19-9)12(13,14)15/h2-5,10H,1H3,(H,16,17)/t10-/m0/s1. The number of halogens is 3. The topological polar surface area (TPSA) is 55.8 Å². The molecule has 0 aromatic heterocycles. The summed E-state index contributed by atoms with van der Waals surface area (Å²) in [7, 11) is 1.33. The molecule has 1 aromatic rings. The molecule has 0 aliphatic carbocycles. The number of carboxylic acid groups (broad SMARTS) is 1. The summed E-state index contributed by atoms with van der Waals surface area (Å²) in [5.41, 5.74) is -0.688. The second-order valence-corrected chi connectivity index (χ2v) is 3.82. The van der Waals surface area contributed by atoms with Crippen molar-refractivity contribution in [2.24, 2.45) is 0 Å². The van der Waals surface area contributed by atoms with Gasteiger partial charge in [0.25, 0.3) is 0 Å². The molecule has 1 atom stereocenters. The summed E-state index contributed by atoms with van der Waals surface area (Å²) in [6.45, 7) is 0. The van der Waals surface area contributed by atoms with Gasteiger partial charge in [0.2, 0.25) is 6.10 Å². The van der Waals surface area contributed by atoms with Crippen LogP contribution in [0.3, 0.4) is 0 Å². The van der Waals surface area contributed by atoms with E-state index in [9.17, 15) is 18.0 Å². The van der Waals surface area contributed by atoms with Gasteiger partial charge in [-0.25, -0.2) is 4.79 Å². The van der Waals surface area contributed by atoms with Crippen molar-refractivity contribution in [3.8, 4) is 11.5 Å². The monoisotopic (exact) mass is 274 g/mol. The molecule has 102 valence electrons. The van der Waals surface area contributed by atoms with E-state index in [-0.39, 0.29) is 17.1 Å². The first-order valence-electron chi connectivity index (χ1n) is 5.20. The van der Waals surface area contributed by atoms with Crippen molar-refractivity contribution in [3.63, 3.8) is 0 Å². The normalized spacial score (nSPS) is 18.1. The number of ether oxygens (including phenoxy) is 2. The van der Waals surface area contributed by atoms with E-state index < -0.39 is 23.8 Å². The second kappa shape index (κ2) is 4.49. The second-order valence-electron chi connectivity index (χ2n) is 3.82. The highest BCUT2D eigenvalue weighted by molar-refractivity contribution is 5.95. The van der Waals surface area contributed by atoms with Crippen molar-refractivity contribution in [2.75, 3.05) is 7.11 Å². The average Bonchev–Trinajstić information content (AvgIpc) is 2.35. The van der Waals surface area contributed by atoms with E-state index in [1.54, 1.807) is 0 Å². The number of aliphatic carboxylic acids is 1. The Balaban J connectivity index is 2.58. The lowest BCUT2D eigenvalue weighted by Gasteiger charge is -2.27. The van der Waals surface area contributed by atoms with Gasteiger partial charge < -0.3 is 14.6 Å². The van der Waals surface area contributed by atoms with Gasteiger partial charge in [0.05, 0.1) is 18.2 Å². The van der Waals surface area contributed by atoms with Crippen molar-refractivity contribution >= 4 is 12.0 Å². The Morgan fingerprint density at radius 2 is 2.11 bits per heavy atom.